The second-order valence-electron chi connectivity index (χ2n) is 25.8. The summed E-state index contributed by atoms with van der Waals surface area (Å²) in [5.41, 5.74) is 0. The standard InChI is InChI=1S/C70H132O17P2/c1-8-10-11-12-13-14-15-16-17-18-19-23-30-39-46-53-69(74)87-66(58-81-68(73)52-45-38-33-32-35-42-49-62(5)6)60-85-89(78,79)83-56-64(71)55-82-88(76,77)84-59-65(57-80-67(72)51-44-37-29-26-25-28-36-43-50-63(7)9-2)86-70(75)54-47-40-31-24-21-20-22-27-34-41-48-61(3)4/h14-17,61-66,71H,8-13,18-60H2,1-7H3,(H,76,77)(H,78,79)/b15-14-,17-16-/t63?,64-,65-,66-/m1/s1. The van der Waals surface area contributed by atoms with Crippen LogP contribution in [-0.2, 0) is 65.4 Å². The molecule has 0 heterocycles. The van der Waals surface area contributed by atoms with Crippen LogP contribution in [0.1, 0.15) is 325 Å². The smallest absolute Gasteiger partial charge is 0.462 e. The Labute approximate surface area is 542 Å². The molecule has 0 aliphatic rings. The van der Waals surface area contributed by atoms with Crippen molar-refractivity contribution in [1.82, 2.24) is 0 Å². The number of aliphatic hydroxyl groups excluding tert-OH is 1. The van der Waals surface area contributed by atoms with Crippen molar-refractivity contribution >= 4 is 39.5 Å². The van der Waals surface area contributed by atoms with Crippen molar-refractivity contribution in [3.63, 3.8) is 0 Å². The number of allylic oxidation sites excluding steroid dienone is 4. The number of phosphoric acid groups is 2. The number of rotatable bonds is 66. The Balaban J connectivity index is 5.29. The third-order valence-corrected chi connectivity index (χ3v) is 17.8. The number of unbranched alkanes of at least 4 members (excludes halogenated alkanes) is 30. The highest BCUT2D eigenvalue weighted by molar-refractivity contribution is 7.47. The van der Waals surface area contributed by atoms with Crippen LogP contribution in [0.5, 0.6) is 0 Å². The van der Waals surface area contributed by atoms with Crippen molar-refractivity contribution in [2.45, 2.75) is 343 Å². The number of aliphatic hydroxyl groups is 1. The highest BCUT2D eigenvalue weighted by Gasteiger charge is 2.30. The van der Waals surface area contributed by atoms with Crippen molar-refractivity contribution in [3.8, 4) is 0 Å². The van der Waals surface area contributed by atoms with E-state index >= 15 is 0 Å². The fourth-order valence-corrected chi connectivity index (χ4v) is 11.5. The van der Waals surface area contributed by atoms with Crippen molar-refractivity contribution < 1.29 is 80.2 Å². The molecule has 524 valence electrons. The van der Waals surface area contributed by atoms with E-state index in [0.717, 1.165) is 121 Å². The summed E-state index contributed by atoms with van der Waals surface area (Å²) in [6.07, 6.45) is 46.7. The first-order valence-electron chi connectivity index (χ1n) is 35.7. The zero-order chi connectivity index (χ0) is 65.9. The maximum Gasteiger partial charge on any atom is 0.472 e. The van der Waals surface area contributed by atoms with Crippen molar-refractivity contribution in [2.75, 3.05) is 39.6 Å². The zero-order valence-electron chi connectivity index (χ0n) is 57.4. The van der Waals surface area contributed by atoms with Gasteiger partial charge in [-0.1, -0.05) is 272 Å². The van der Waals surface area contributed by atoms with Gasteiger partial charge in [0.1, 0.15) is 19.3 Å². The normalized spacial score (nSPS) is 14.7. The molecular formula is C70H132O17P2. The summed E-state index contributed by atoms with van der Waals surface area (Å²) < 4.78 is 68.2. The van der Waals surface area contributed by atoms with Gasteiger partial charge in [0.15, 0.2) is 12.2 Å². The lowest BCUT2D eigenvalue weighted by molar-refractivity contribution is -0.161. The highest BCUT2D eigenvalue weighted by Crippen LogP contribution is 2.45. The first kappa shape index (κ1) is 86.5. The average molecular weight is 1310 g/mol. The molecule has 0 spiro atoms. The second-order valence-corrected chi connectivity index (χ2v) is 28.7. The largest absolute Gasteiger partial charge is 0.472 e. The Morgan fingerprint density at radius 1 is 0.371 bits per heavy atom. The summed E-state index contributed by atoms with van der Waals surface area (Å²) in [6.45, 7) is 11.7. The van der Waals surface area contributed by atoms with E-state index in [1.807, 2.05) is 0 Å². The van der Waals surface area contributed by atoms with Crippen LogP contribution < -0.4 is 0 Å². The molecule has 6 atom stereocenters. The number of carbonyl (C=O) groups is 4. The summed E-state index contributed by atoms with van der Waals surface area (Å²) >= 11 is 0. The van der Waals surface area contributed by atoms with Gasteiger partial charge in [0.2, 0.25) is 0 Å². The number of carbonyl (C=O) groups excluding carboxylic acids is 4. The van der Waals surface area contributed by atoms with Crippen LogP contribution in [0.2, 0.25) is 0 Å². The van der Waals surface area contributed by atoms with E-state index in [0.29, 0.717) is 31.6 Å². The van der Waals surface area contributed by atoms with Gasteiger partial charge in [-0.25, -0.2) is 9.13 Å². The molecule has 0 aromatic heterocycles. The van der Waals surface area contributed by atoms with Gasteiger partial charge in [0, 0.05) is 25.7 Å². The Kier molecular flexibility index (Phi) is 58.8. The minimum absolute atomic E-state index is 0.0834. The lowest BCUT2D eigenvalue weighted by Gasteiger charge is -2.21. The van der Waals surface area contributed by atoms with Crippen LogP contribution in [0, 0.1) is 17.8 Å². The van der Waals surface area contributed by atoms with Gasteiger partial charge in [-0.15, -0.1) is 0 Å². The molecule has 0 aromatic rings. The summed E-state index contributed by atoms with van der Waals surface area (Å²) in [5.74, 6) is 0.0425. The number of hydrogen-bond donors (Lipinski definition) is 3. The number of hydrogen-bond acceptors (Lipinski definition) is 15. The van der Waals surface area contributed by atoms with E-state index in [2.05, 4.69) is 72.8 Å². The Hall–Kier alpha value is -2.46. The topological polar surface area (TPSA) is 237 Å². The number of esters is 4. The van der Waals surface area contributed by atoms with Crippen molar-refractivity contribution in [1.29, 1.82) is 0 Å². The van der Waals surface area contributed by atoms with Crippen LogP contribution in [0.4, 0.5) is 0 Å². The Morgan fingerprint density at radius 2 is 0.663 bits per heavy atom. The summed E-state index contributed by atoms with van der Waals surface area (Å²) in [4.78, 5) is 72.5. The third-order valence-electron chi connectivity index (χ3n) is 15.9. The zero-order valence-corrected chi connectivity index (χ0v) is 59.2. The summed E-state index contributed by atoms with van der Waals surface area (Å²) in [6, 6.07) is 0. The van der Waals surface area contributed by atoms with E-state index in [1.165, 1.54) is 116 Å². The van der Waals surface area contributed by atoms with Gasteiger partial charge >= 0.3 is 39.5 Å². The van der Waals surface area contributed by atoms with Gasteiger partial charge < -0.3 is 33.8 Å². The van der Waals surface area contributed by atoms with Crippen LogP contribution in [0.15, 0.2) is 24.3 Å². The fraction of sp³-hybridized carbons (Fsp3) is 0.886. The second kappa shape index (κ2) is 60.5. The van der Waals surface area contributed by atoms with Gasteiger partial charge in [-0.3, -0.25) is 37.3 Å². The highest BCUT2D eigenvalue weighted by atomic mass is 31.2. The molecule has 0 fully saturated rings. The van der Waals surface area contributed by atoms with E-state index in [1.54, 1.807) is 0 Å². The first-order valence-corrected chi connectivity index (χ1v) is 38.7. The van der Waals surface area contributed by atoms with Gasteiger partial charge in [-0.2, -0.15) is 0 Å². The molecule has 0 bridgehead atoms. The van der Waals surface area contributed by atoms with Gasteiger partial charge in [-0.05, 0) is 69.1 Å². The molecule has 0 saturated carbocycles. The van der Waals surface area contributed by atoms with E-state index in [4.69, 9.17) is 37.0 Å². The molecule has 0 radical (unpaired) electrons. The molecule has 0 saturated heterocycles. The maximum atomic E-state index is 13.0. The van der Waals surface area contributed by atoms with E-state index < -0.39 is 97.5 Å². The van der Waals surface area contributed by atoms with Crippen LogP contribution >= 0.6 is 15.6 Å². The molecule has 19 heteroatoms. The SMILES string of the molecule is CCCCCC/C=C\C=C/CCCCCCCC(=O)O[C@H](COC(=O)CCCCCCCCC(C)C)COP(=O)(O)OC[C@H](O)COP(=O)(O)OC[C@@H](COC(=O)CCCCCCCCCCC(C)CC)OC(=O)CCCCCCCCCCCCC(C)C. The molecule has 0 amide bonds. The molecule has 0 aliphatic heterocycles. The average Bonchev–Trinajstić information content (AvgIpc) is 3.70. The molecular weight excluding hydrogens is 1170 g/mol. The monoisotopic (exact) mass is 1310 g/mol. The van der Waals surface area contributed by atoms with Crippen LogP contribution in [0.3, 0.4) is 0 Å². The predicted molar refractivity (Wildman–Crippen MR) is 358 cm³/mol. The first-order chi connectivity index (χ1) is 42.8. The maximum absolute atomic E-state index is 13.0. The summed E-state index contributed by atoms with van der Waals surface area (Å²) in [5, 5.41) is 10.6. The minimum Gasteiger partial charge on any atom is -0.462 e. The van der Waals surface area contributed by atoms with E-state index in [-0.39, 0.29) is 25.7 Å². The minimum atomic E-state index is -4.96. The quantitative estimate of drug-likeness (QED) is 0.0169. The van der Waals surface area contributed by atoms with Crippen LogP contribution in [0.25, 0.3) is 0 Å². The lowest BCUT2D eigenvalue weighted by atomic mass is 9.99. The molecule has 89 heavy (non-hydrogen) atoms. The van der Waals surface area contributed by atoms with Gasteiger partial charge in [0.25, 0.3) is 0 Å². The van der Waals surface area contributed by atoms with Gasteiger partial charge in [0.05, 0.1) is 26.4 Å². The number of phosphoric ester groups is 2. The van der Waals surface area contributed by atoms with E-state index in [9.17, 15) is 43.2 Å². The van der Waals surface area contributed by atoms with Crippen molar-refractivity contribution in [3.05, 3.63) is 24.3 Å². The molecule has 0 aliphatic carbocycles. The molecule has 0 aromatic carbocycles. The Morgan fingerprint density at radius 3 is 1.00 bits per heavy atom. The number of ether oxygens (including phenoxy) is 4. The third kappa shape index (κ3) is 62.7. The fourth-order valence-electron chi connectivity index (χ4n) is 9.97. The molecule has 3 unspecified atom stereocenters. The van der Waals surface area contributed by atoms with Crippen LogP contribution in [-0.4, -0.2) is 96.7 Å². The molecule has 3 N–H and O–H groups in total. The Bertz CT molecular complexity index is 1840. The molecule has 17 nitrogen and oxygen atoms in total. The molecule has 0 rings (SSSR count). The summed E-state index contributed by atoms with van der Waals surface area (Å²) in [7, 11) is -9.91. The lowest BCUT2D eigenvalue weighted by Crippen LogP contribution is -2.30. The van der Waals surface area contributed by atoms with Crippen molar-refractivity contribution in [2.24, 2.45) is 17.8 Å². The predicted octanol–water partition coefficient (Wildman–Crippen LogP) is 19.4.